The molecule has 0 saturated heterocycles. The van der Waals surface area contributed by atoms with Crippen LogP contribution >= 0.6 is 11.6 Å². The van der Waals surface area contributed by atoms with E-state index in [9.17, 15) is 14.0 Å². The summed E-state index contributed by atoms with van der Waals surface area (Å²) < 4.78 is 17.4. The molecule has 0 aliphatic rings. The normalized spacial score (nSPS) is 9.69. The van der Waals surface area contributed by atoms with Gasteiger partial charge in [0, 0.05) is 0 Å². The Morgan fingerprint density at radius 2 is 2.19 bits per heavy atom. The molecule has 1 rings (SSSR count). The zero-order valence-corrected chi connectivity index (χ0v) is 9.18. The van der Waals surface area contributed by atoms with Gasteiger partial charge in [0.25, 0.3) is 0 Å². The van der Waals surface area contributed by atoms with Gasteiger partial charge in [-0.1, -0.05) is 0 Å². The van der Waals surface area contributed by atoms with Crippen LogP contribution in [0.4, 0.5) is 10.1 Å². The van der Waals surface area contributed by atoms with Crippen molar-refractivity contribution in [3.05, 3.63) is 29.6 Å². The highest BCUT2D eigenvalue weighted by Gasteiger charge is 2.14. The van der Waals surface area contributed by atoms with E-state index >= 15 is 0 Å². The Hall–Kier alpha value is -1.62. The number of methoxy groups -OCH3 is 1. The fourth-order valence-corrected chi connectivity index (χ4v) is 1.15. The lowest BCUT2D eigenvalue weighted by molar-refractivity contribution is -0.113. The highest BCUT2D eigenvalue weighted by Crippen LogP contribution is 2.18. The van der Waals surface area contributed by atoms with Crippen molar-refractivity contribution in [2.24, 2.45) is 0 Å². The number of alkyl halides is 1. The molecule has 1 aromatic carbocycles. The lowest BCUT2D eigenvalue weighted by atomic mass is 10.1. The monoisotopic (exact) mass is 245 g/mol. The van der Waals surface area contributed by atoms with Crippen molar-refractivity contribution in [2.75, 3.05) is 18.3 Å². The van der Waals surface area contributed by atoms with Gasteiger partial charge in [-0.25, -0.2) is 9.18 Å². The summed E-state index contributed by atoms with van der Waals surface area (Å²) in [6.45, 7) is 0. The Morgan fingerprint density at radius 1 is 1.50 bits per heavy atom. The molecule has 16 heavy (non-hydrogen) atoms. The van der Waals surface area contributed by atoms with E-state index in [2.05, 4.69) is 10.1 Å². The number of nitrogens with one attached hydrogen (secondary N) is 1. The first kappa shape index (κ1) is 12.4. The number of carbonyl (C=O) groups is 2. The second-order valence-corrected chi connectivity index (χ2v) is 3.13. The van der Waals surface area contributed by atoms with Crippen LogP contribution in [0, 0.1) is 5.82 Å². The molecule has 6 heteroatoms. The van der Waals surface area contributed by atoms with Gasteiger partial charge >= 0.3 is 5.97 Å². The van der Waals surface area contributed by atoms with Crippen molar-refractivity contribution in [1.82, 2.24) is 0 Å². The van der Waals surface area contributed by atoms with Gasteiger partial charge in [0.15, 0.2) is 0 Å². The van der Waals surface area contributed by atoms with Crippen molar-refractivity contribution in [3.63, 3.8) is 0 Å². The van der Waals surface area contributed by atoms with Crippen LogP contribution in [0.15, 0.2) is 18.2 Å². The van der Waals surface area contributed by atoms with E-state index in [0.29, 0.717) is 0 Å². The molecular weight excluding hydrogens is 237 g/mol. The zero-order valence-electron chi connectivity index (χ0n) is 8.42. The molecule has 1 aromatic rings. The standard InChI is InChI=1S/C10H9ClFNO3/c1-16-10(15)7-4-6(12)2-3-8(7)13-9(14)5-11/h2-4H,5H2,1H3,(H,13,14). The van der Waals surface area contributed by atoms with Gasteiger partial charge in [-0.05, 0) is 18.2 Å². The average Bonchev–Trinajstić information content (AvgIpc) is 2.30. The zero-order chi connectivity index (χ0) is 12.1. The summed E-state index contributed by atoms with van der Waals surface area (Å²) in [6, 6.07) is 3.37. The maximum atomic E-state index is 12.9. The molecule has 0 heterocycles. The maximum absolute atomic E-state index is 12.9. The van der Waals surface area contributed by atoms with Gasteiger partial charge in [-0.15, -0.1) is 11.6 Å². The van der Waals surface area contributed by atoms with E-state index in [1.54, 1.807) is 0 Å². The number of rotatable bonds is 3. The molecule has 0 aliphatic carbocycles. The number of hydrogen-bond donors (Lipinski definition) is 1. The summed E-state index contributed by atoms with van der Waals surface area (Å²) in [6.07, 6.45) is 0. The van der Waals surface area contributed by atoms with E-state index in [4.69, 9.17) is 11.6 Å². The highest BCUT2D eigenvalue weighted by molar-refractivity contribution is 6.29. The molecule has 4 nitrogen and oxygen atoms in total. The average molecular weight is 246 g/mol. The first-order chi connectivity index (χ1) is 7.58. The van der Waals surface area contributed by atoms with E-state index in [0.717, 1.165) is 12.1 Å². The SMILES string of the molecule is COC(=O)c1cc(F)ccc1NC(=O)CCl. The van der Waals surface area contributed by atoms with E-state index in [-0.39, 0.29) is 17.1 Å². The third kappa shape index (κ3) is 2.93. The van der Waals surface area contributed by atoms with Gasteiger partial charge < -0.3 is 10.1 Å². The summed E-state index contributed by atoms with van der Waals surface area (Å²) in [5, 5.41) is 2.36. The third-order valence-electron chi connectivity index (χ3n) is 1.78. The molecule has 0 radical (unpaired) electrons. The smallest absolute Gasteiger partial charge is 0.340 e. The van der Waals surface area contributed by atoms with Crippen LogP contribution in [0.2, 0.25) is 0 Å². The molecule has 0 spiro atoms. The van der Waals surface area contributed by atoms with Gasteiger partial charge in [-0.3, -0.25) is 4.79 Å². The Morgan fingerprint density at radius 3 is 2.75 bits per heavy atom. The van der Waals surface area contributed by atoms with E-state index < -0.39 is 17.7 Å². The fourth-order valence-electron chi connectivity index (χ4n) is 1.09. The van der Waals surface area contributed by atoms with Crippen LogP contribution in [0.5, 0.6) is 0 Å². The number of carbonyl (C=O) groups excluding carboxylic acids is 2. The predicted octanol–water partition coefficient (Wildman–Crippen LogP) is 1.79. The third-order valence-corrected chi connectivity index (χ3v) is 2.03. The second-order valence-electron chi connectivity index (χ2n) is 2.86. The number of anilines is 1. The molecule has 1 N–H and O–H groups in total. The summed E-state index contributed by atoms with van der Waals surface area (Å²) >= 11 is 5.30. The molecule has 0 atom stereocenters. The van der Waals surface area contributed by atoms with Crippen molar-refractivity contribution in [1.29, 1.82) is 0 Å². The lowest BCUT2D eigenvalue weighted by Gasteiger charge is -2.08. The highest BCUT2D eigenvalue weighted by atomic mass is 35.5. The van der Waals surface area contributed by atoms with Gasteiger partial charge in [0.2, 0.25) is 5.91 Å². The molecule has 1 amide bonds. The minimum Gasteiger partial charge on any atom is -0.465 e. The van der Waals surface area contributed by atoms with Crippen molar-refractivity contribution >= 4 is 29.2 Å². The first-order valence-electron chi connectivity index (χ1n) is 4.32. The number of amides is 1. The van der Waals surface area contributed by atoms with Crippen LogP contribution in [0.3, 0.4) is 0 Å². The summed E-state index contributed by atoms with van der Waals surface area (Å²) in [5.41, 5.74) is 0.111. The van der Waals surface area contributed by atoms with Crippen molar-refractivity contribution < 1.29 is 18.7 Å². The van der Waals surface area contributed by atoms with Crippen LogP contribution in [-0.4, -0.2) is 24.9 Å². The predicted molar refractivity (Wildman–Crippen MR) is 57.1 cm³/mol. The lowest BCUT2D eigenvalue weighted by Crippen LogP contribution is -2.16. The number of halogens is 2. The molecular formula is C10H9ClFNO3. The number of esters is 1. The number of hydrogen-bond acceptors (Lipinski definition) is 3. The van der Waals surface area contributed by atoms with Gasteiger partial charge in [-0.2, -0.15) is 0 Å². The second kappa shape index (κ2) is 5.46. The molecule has 0 aromatic heterocycles. The quantitative estimate of drug-likeness (QED) is 0.653. The van der Waals surface area contributed by atoms with Gasteiger partial charge in [0.05, 0.1) is 18.4 Å². The Balaban J connectivity index is 3.07. The summed E-state index contributed by atoms with van der Waals surface area (Å²) in [5.74, 6) is -2.06. The summed E-state index contributed by atoms with van der Waals surface area (Å²) in [4.78, 5) is 22.3. The maximum Gasteiger partial charge on any atom is 0.340 e. The largest absolute Gasteiger partial charge is 0.465 e. The molecule has 0 bridgehead atoms. The number of ether oxygens (including phenoxy) is 1. The fraction of sp³-hybridized carbons (Fsp3) is 0.200. The molecule has 0 fully saturated rings. The number of benzene rings is 1. The van der Waals surface area contributed by atoms with Crippen LogP contribution in [0.25, 0.3) is 0 Å². The summed E-state index contributed by atoms with van der Waals surface area (Å²) in [7, 11) is 1.17. The minimum atomic E-state index is -0.732. The molecule has 0 unspecified atom stereocenters. The van der Waals surface area contributed by atoms with E-state index in [1.807, 2.05) is 0 Å². The topological polar surface area (TPSA) is 55.4 Å². The molecule has 0 aliphatic heterocycles. The molecule has 0 saturated carbocycles. The Labute approximate surface area is 96.3 Å². The van der Waals surface area contributed by atoms with Crippen LogP contribution in [0.1, 0.15) is 10.4 Å². The van der Waals surface area contributed by atoms with Gasteiger partial charge in [0.1, 0.15) is 11.7 Å². The van der Waals surface area contributed by atoms with Crippen LogP contribution in [-0.2, 0) is 9.53 Å². The Kier molecular flexibility index (Phi) is 4.25. The van der Waals surface area contributed by atoms with Crippen molar-refractivity contribution in [2.45, 2.75) is 0 Å². The Bertz CT molecular complexity index is 423. The van der Waals surface area contributed by atoms with Crippen molar-refractivity contribution in [3.8, 4) is 0 Å². The first-order valence-corrected chi connectivity index (χ1v) is 4.85. The molecule has 86 valence electrons. The van der Waals surface area contributed by atoms with Crippen LogP contribution < -0.4 is 5.32 Å². The minimum absolute atomic E-state index is 0.0547. The van der Waals surface area contributed by atoms with E-state index in [1.165, 1.54) is 13.2 Å².